The summed E-state index contributed by atoms with van der Waals surface area (Å²) < 4.78 is 12.9. The molecule has 0 fully saturated rings. The van der Waals surface area contributed by atoms with E-state index in [1.54, 1.807) is 0 Å². The van der Waals surface area contributed by atoms with Crippen molar-refractivity contribution in [1.82, 2.24) is 5.01 Å². The van der Waals surface area contributed by atoms with Crippen molar-refractivity contribution < 1.29 is 14.0 Å². The van der Waals surface area contributed by atoms with Crippen molar-refractivity contribution in [1.29, 1.82) is 0 Å². The lowest BCUT2D eigenvalue weighted by atomic mass is 10.1. The second-order valence-electron chi connectivity index (χ2n) is 4.04. The van der Waals surface area contributed by atoms with Gasteiger partial charge in [-0.15, -0.1) is 0 Å². The van der Waals surface area contributed by atoms with Gasteiger partial charge in [0, 0.05) is 19.9 Å². The van der Waals surface area contributed by atoms with Gasteiger partial charge in [-0.2, -0.15) is 5.10 Å². The molecule has 0 saturated heterocycles. The van der Waals surface area contributed by atoms with Gasteiger partial charge in [0.1, 0.15) is 11.5 Å². The average Bonchev–Trinajstić information content (AvgIpc) is 2.36. The predicted octanol–water partition coefficient (Wildman–Crippen LogP) is 2.03. The Morgan fingerprint density at radius 2 is 2.21 bits per heavy atom. The fraction of sp³-hybridized carbons (Fsp3) is 0.250. The van der Waals surface area contributed by atoms with Crippen LogP contribution in [0.2, 0.25) is 5.02 Å². The number of halogens is 2. The highest BCUT2D eigenvalue weighted by Gasteiger charge is 2.22. The Hall–Kier alpha value is -1.95. The van der Waals surface area contributed by atoms with Gasteiger partial charge in [-0.05, 0) is 18.2 Å². The Morgan fingerprint density at radius 3 is 2.84 bits per heavy atom. The maximum absolute atomic E-state index is 12.9. The molecule has 1 N–H and O–H groups in total. The number of nitrogens with zero attached hydrogens (tertiary/aromatic N) is 2. The second kappa shape index (κ2) is 5.36. The fourth-order valence-electron chi connectivity index (χ4n) is 1.62. The smallest absolute Gasteiger partial charge is 0.271 e. The number of carbonyl (C=O) groups is 2. The molecule has 1 aromatic rings. The molecule has 0 bridgehead atoms. The van der Waals surface area contributed by atoms with E-state index in [0.717, 1.165) is 11.1 Å². The summed E-state index contributed by atoms with van der Waals surface area (Å²) >= 11 is 5.81. The number of hydrogen-bond acceptors (Lipinski definition) is 3. The molecular weight excluding hydrogens is 273 g/mol. The van der Waals surface area contributed by atoms with E-state index in [4.69, 9.17) is 11.6 Å². The van der Waals surface area contributed by atoms with Crippen molar-refractivity contribution in [2.45, 2.75) is 12.8 Å². The highest BCUT2D eigenvalue weighted by Crippen LogP contribution is 2.22. The highest BCUT2D eigenvalue weighted by molar-refractivity contribution is 6.44. The van der Waals surface area contributed by atoms with Crippen molar-refractivity contribution in [3.8, 4) is 0 Å². The van der Waals surface area contributed by atoms with Gasteiger partial charge in [0.25, 0.3) is 5.91 Å². The Labute approximate surface area is 114 Å². The molecule has 0 saturated carbocycles. The van der Waals surface area contributed by atoms with Gasteiger partial charge in [0.2, 0.25) is 5.91 Å². The average molecular weight is 284 g/mol. The van der Waals surface area contributed by atoms with Crippen LogP contribution in [-0.2, 0) is 9.59 Å². The molecule has 2 rings (SSSR count). The third kappa shape index (κ3) is 3.08. The zero-order chi connectivity index (χ0) is 14.0. The summed E-state index contributed by atoms with van der Waals surface area (Å²) in [5, 5.41) is 7.65. The van der Waals surface area contributed by atoms with Crippen LogP contribution >= 0.6 is 11.6 Å². The predicted molar refractivity (Wildman–Crippen MR) is 69.5 cm³/mol. The van der Waals surface area contributed by atoms with Crippen LogP contribution in [0.1, 0.15) is 12.8 Å². The quantitative estimate of drug-likeness (QED) is 0.903. The lowest BCUT2D eigenvalue weighted by molar-refractivity contribution is -0.130. The molecule has 0 radical (unpaired) electrons. The van der Waals surface area contributed by atoms with E-state index in [2.05, 4.69) is 10.4 Å². The number of benzene rings is 1. The molecule has 1 aromatic carbocycles. The summed E-state index contributed by atoms with van der Waals surface area (Å²) in [6, 6.07) is 3.67. The van der Waals surface area contributed by atoms with E-state index in [9.17, 15) is 14.0 Å². The van der Waals surface area contributed by atoms with Gasteiger partial charge in [0.05, 0.1) is 10.7 Å². The van der Waals surface area contributed by atoms with Crippen LogP contribution in [0.15, 0.2) is 23.3 Å². The van der Waals surface area contributed by atoms with E-state index in [0.29, 0.717) is 5.69 Å². The van der Waals surface area contributed by atoms with Crippen LogP contribution in [0.5, 0.6) is 0 Å². The summed E-state index contributed by atoms with van der Waals surface area (Å²) in [4.78, 5) is 23.2. The number of nitrogens with one attached hydrogen (secondary N) is 1. The topological polar surface area (TPSA) is 61.8 Å². The molecule has 1 heterocycles. The maximum Gasteiger partial charge on any atom is 0.271 e. The molecule has 100 valence electrons. The largest absolute Gasteiger partial charge is 0.320 e. The van der Waals surface area contributed by atoms with Gasteiger partial charge in [0.15, 0.2) is 0 Å². The Balaban J connectivity index is 2.13. The first-order valence-corrected chi connectivity index (χ1v) is 5.95. The highest BCUT2D eigenvalue weighted by atomic mass is 35.5. The number of hydrogen-bond donors (Lipinski definition) is 1. The van der Waals surface area contributed by atoms with Gasteiger partial charge >= 0.3 is 0 Å². The number of anilines is 1. The van der Waals surface area contributed by atoms with E-state index in [-0.39, 0.29) is 29.5 Å². The Bertz CT molecular complexity index is 574. The summed E-state index contributed by atoms with van der Waals surface area (Å²) in [7, 11) is 1.49. The van der Waals surface area contributed by atoms with E-state index < -0.39 is 11.7 Å². The number of amides is 2. The summed E-state index contributed by atoms with van der Waals surface area (Å²) in [5.41, 5.74) is 0.540. The van der Waals surface area contributed by atoms with Crippen LogP contribution in [0.3, 0.4) is 0 Å². The fourth-order valence-corrected chi connectivity index (χ4v) is 1.83. The second-order valence-corrected chi connectivity index (χ2v) is 4.45. The van der Waals surface area contributed by atoms with Crippen molar-refractivity contribution >= 4 is 34.8 Å². The van der Waals surface area contributed by atoms with E-state index >= 15 is 0 Å². The molecule has 2 amide bonds. The number of rotatable bonds is 2. The van der Waals surface area contributed by atoms with E-state index in [1.807, 2.05) is 0 Å². The maximum atomic E-state index is 12.9. The standard InChI is InChI=1S/C12H11ClFN3O2/c1-17-11(18)5-4-10(16-17)12(19)15-9-3-2-7(14)6-8(9)13/h2-3,6H,4-5H2,1H3,(H,15,19). The van der Waals surface area contributed by atoms with Crippen molar-refractivity contribution in [2.75, 3.05) is 12.4 Å². The Kier molecular flexibility index (Phi) is 3.80. The van der Waals surface area contributed by atoms with Gasteiger partial charge < -0.3 is 5.32 Å². The van der Waals surface area contributed by atoms with Crippen molar-refractivity contribution in [2.24, 2.45) is 5.10 Å². The Morgan fingerprint density at radius 1 is 1.47 bits per heavy atom. The summed E-state index contributed by atoms with van der Waals surface area (Å²) in [6.07, 6.45) is 0.508. The van der Waals surface area contributed by atoms with Gasteiger partial charge in [-0.1, -0.05) is 11.6 Å². The lowest BCUT2D eigenvalue weighted by Crippen LogP contribution is -2.34. The van der Waals surface area contributed by atoms with Crippen LogP contribution in [0, 0.1) is 5.82 Å². The lowest BCUT2D eigenvalue weighted by Gasteiger charge is -2.19. The molecule has 0 atom stereocenters. The van der Waals surface area contributed by atoms with Crippen LogP contribution < -0.4 is 5.32 Å². The molecule has 0 spiro atoms. The van der Waals surface area contributed by atoms with E-state index in [1.165, 1.54) is 19.2 Å². The first-order valence-electron chi connectivity index (χ1n) is 5.58. The monoisotopic (exact) mass is 283 g/mol. The van der Waals surface area contributed by atoms with Crippen LogP contribution in [0.4, 0.5) is 10.1 Å². The minimum absolute atomic E-state index is 0.106. The summed E-state index contributed by atoms with van der Waals surface area (Å²) in [6.45, 7) is 0. The molecule has 19 heavy (non-hydrogen) atoms. The van der Waals surface area contributed by atoms with Crippen LogP contribution in [-0.4, -0.2) is 29.6 Å². The summed E-state index contributed by atoms with van der Waals surface area (Å²) in [5.74, 6) is -1.08. The third-order valence-electron chi connectivity index (χ3n) is 2.65. The molecule has 7 heteroatoms. The van der Waals surface area contributed by atoms with Gasteiger partial charge in [-0.3, -0.25) is 9.59 Å². The SMILES string of the molecule is CN1N=C(C(=O)Nc2ccc(F)cc2Cl)CCC1=O. The van der Waals surface area contributed by atoms with Gasteiger partial charge in [-0.25, -0.2) is 9.40 Å². The first-order chi connectivity index (χ1) is 8.97. The molecule has 0 aliphatic carbocycles. The molecule has 5 nitrogen and oxygen atoms in total. The zero-order valence-electron chi connectivity index (χ0n) is 10.1. The molecule has 1 aliphatic heterocycles. The first kappa shape index (κ1) is 13.5. The van der Waals surface area contributed by atoms with Crippen molar-refractivity contribution in [3.05, 3.63) is 29.0 Å². The molecule has 0 aromatic heterocycles. The minimum atomic E-state index is -0.483. The third-order valence-corrected chi connectivity index (χ3v) is 2.96. The minimum Gasteiger partial charge on any atom is -0.320 e. The zero-order valence-corrected chi connectivity index (χ0v) is 10.9. The normalized spacial score (nSPS) is 15.2. The number of hydrazone groups is 1. The van der Waals surface area contributed by atoms with Crippen LogP contribution in [0.25, 0.3) is 0 Å². The molecular formula is C12H11ClFN3O2. The molecule has 1 aliphatic rings. The molecule has 0 unspecified atom stereocenters. The number of carbonyl (C=O) groups excluding carboxylic acids is 2. The van der Waals surface area contributed by atoms with Crippen molar-refractivity contribution in [3.63, 3.8) is 0 Å².